The number of aromatic nitrogens is 1. The molecule has 0 atom stereocenters. The van der Waals surface area contributed by atoms with Crippen molar-refractivity contribution in [3.8, 4) is 5.75 Å². The number of hydrogen-bond donors (Lipinski definition) is 2. The van der Waals surface area contributed by atoms with Crippen LogP contribution in [-0.2, 0) is 4.79 Å². The van der Waals surface area contributed by atoms with Crippen molar-refractivity contribution < 1.29 is 9.53 Å². The molecule has 6 heteroatoms. The van der Waals surface area contributed by atoms with E-state index >= 15 is 0 Å². The fourth-order valence-electron chi connectivity index (χ4n) is 2.37. The number of carbonyl (C=O) groups is 1. The van der Waals surface area contributed by atoms with Crippen LogP contribution in [0.2, 0.25) is 0 Å². The van der Waals surface area contributed by atoms with Crippen molar-refractivity contribution >= 4 is 22.5 Å². The second kappa shape index (κ2) is 6.91. The Bertz CT molecular complexity index is 805. The van der Waals surface area contributed by atoms with Crippen molar-refractivity contribution in [2.75, 3.05) is 13.7 Å². The molecule has 0 spiro atoms. The summed E-state index contributed by atoms with van der Waals surface area (Å²) in [7, 11) is 1.59. The molecular formula is C17H20N4O2. The highest BCUT2D eigenvalue weighted by Crippen LogP contribution is 2.21. The van der Waals surface area contributed by atoms with Crippen LogP contribution in [0.25, 0.3) is 10.9 Å². The number of aliphatic imine (C=N–C) groups is 1. The molecule has 2 aromatic rings. The molecule has 0 aliphatic carbocycles. The monoisotopic (exact) mass is 312 g/mol. The maximum absolute atomic E-state index is 11.7. The van der Waals surface area contributed by atoms with E-state index in [1.54, 1.807) is 20.2 Å². The smallest absolute Gasteiger partial charge is 0.252 e. The van der Waals surface area contributed by atoms with Gasteiger partial charge in [0, 0.05) is 36.0 Å². The first kappa shape index (κ1) is 16.5. The number of carbonyl (C=O) groups excluding carboxylic acids is 1. The summed E-state index contributed by atoms with van der Waals surface area (Å²) in [5, 5.41) is 0.908. The van der Waals surface area contributed by atoms with Gasteiger partial charge in [-0.1, -0.05) is 0 Å². The molecule has 1 heterocycles. The molecule has 4 N–H and O–H groups in total. The Morgan fingerprint density at radius 3 is 2.61 bits per heavy atom. The summed E-state index contributed by atoms with van der Waals surface area (Å²) in [6.45, 7) is 4.14. The average Bonchev–Trinajstić information content (AvgIpc) is 2.51. The Balaban J connectivity index is 2.53. The minimum Gasteiger partial charge on any atom is -0.494 e. The number of nitrogens with two attached hydrogens (primary N) is 2. The van der Waals surface area contributed by atoms with E-state index in [0.717, 1.165) is 16.7 Å². The van der Waals surface area contributed by atoms with Gasteiger partial charge in [-0.25, -0.2) is 0 Å². The summed E-state index contributed by atoms with van der Waals surface area (Å²) in [6.07, 6.45) is 1.65. The number of nitrogens with zero attached hydrogens (tertiary/aromatic N) is 2. The number of fused-ring (bicyclic) bond motifs is 1. The molecule has 0 unspecified atom stereocenters. The van der Waals surface area contributed by atoms with Crippen LogP contribution in [0.3, 0.4) is 0 Å². The number of benzene rings is 1. The van der Waals surface area contributed by atoms with Crippen molar-refractivity contribution in [1.82, 2.24) is 4.98 Å². The minimum absolute atomic E-state index is 0.208. The largest absolute Gasteiger partial charge is 0.494 e. The Labute approximate surface area is 134 Å². The standard InChI is InChI=1S/C17H20N4O2/c1-4-23-13-6-5-11-7-12(9-21-14(11)8-13)16(20-3)15(10(2)18)17(19)22/h5-9H,4,18H2,1-3H3,(H2,19,22)/b15-10-,20-16-. The zero-order chi connectivity index (χ0) is 17.0. The SMILES string of the molecule is CCOc1ccc2cc(C(=N/C)/C(C(N)=O)=C(\C)N)cnc2c1. The third-order valence-electron chi connectivity index (χ3n) is 3.34. The van der Waals surface area contributed by atoms with Gasteiger partial charge in [-0.3, -0.25) is 14.8 Å². The average molecular weight is 312 g/mol. The van der Waals surface area contributed by atoms with Crippen molar-refractivity contribution in [2.24, 2.45) is 16.5 Å². The van der Waals surface area contributed by atoms with Gasteiger partial charge in [-0.15, -0.1) is 0 Å². The van der Waals surface area contributed by atoms with Crippen LogP contribution in [0.4, 0.5) is 0 Å². The number of amides is 1. The lowest BCUT2D eigenvalue weighted by atomic mass is 10.00. The van der Waals surface area contributed by atoms with Gasteiger partial charge in [-0.05, 0) is 32.0 Å². The molecule has 0 saturated heterocycles. The number of hydrogen-bond acceptors (Lipinski definition) is 5. The summed E-state index contributed by atoms with van der Waals surface area (Å²) in [5.41, 5.74) is 13.6. The summed E-state index contributed by atoms with van der Waals surface area (Å²) in [5.74, 6) is 0.151. The predicted molar refractivity (Wildman–Crippen MR) is 91.5 cm³/mol. The number of primary amides is 1. The van der Waals surface area contributed by atoms with E-state index < -0.39 is 5.91 Å². The molecule has 0 aliphatic rings. The summed E-state index contributed by atoms with van der Waals surface area (Å²) >= 11 is 0. The molecule has 0 radical (unpaired) electrons. The molecule has 0 bridgehead atoms. The Morgan fingerprint density at radius 2 is 2.04 bits per heavy atom. The highest BCUT2D eigenvalue weighted by atomic mass is 16.5. The van der Waals surface area contributed by atoms with Gasteiger partial charge in [0.1, 0.15) is 5.75 Å². The van der Waals surface area contributed by atoms with E-state index in [-0.39, 0.29) is 5.57 Å². The van der Waals surface area contributed by atoms with Crippen LogP contribution in [0.15, 0.2) is 46.7 Å². The third-order valence-corrected chi connectivity index (χ3v) is 3.34. The quantitative estimate of drug-likeness (QED) is 0.648. The molecular weight excluding hydrogens is 292 g/mol. The van der Waals surface area contributed by atoms with Gasteiger partial charge in [-0.2, -0.15) is 0 Å². The van der Waals surface area contributed by atoms with Gasteiger partial charge < -0.3 is 16.2 Å². The third kappa shape index (κ3) is 3.48. The molecule has 0 aliphatic heterocycles. The normalized spacial score (nSPS) is 12.9. The maximum Gasteiger partial charge on any atom is 0.252 e. The molecule has 1 amide bonds. The number of ether oxygens (including phenoxy) is 1. The van der Waals surface area contributed by atoms with E-state index in [4.69, 9.17) is 16.2 Å². The van der Waals surface area contributed by atoms with E-state index in [1.807, 2.05) is 31.2 Å². The molecule has 1 aromatic carbocycles. The lowest BCUT2D eigenvalue weighted by Gasteiger charge is -2.11. The molecule has 0 saturated carbocycles. The number of pyridine rings is 1. The van der Waals surface area contributed by atoms with Gasteiger partial charge in [0.05, 0.1) is 23.4 Å². The van der Waals surface area contributed by atoms with Gasteiger partial charge in [0.25, 0.3) is 5.91 Å². The fraction of sp³-hybridized carbons (Fsp3) is 0.235. The highest BCUT2D eigenvalue weighted by molar-refractivity contribution is 6.28. The van der Waals surface area contributed by atoms with Crippen LogP contribution in [0.5, 0.6) is 5.75 Å². The molecule has 0 fully saturated rings. The summed E-state index contributed by atoms with van der Waals surface area (Å²) in [4.78, 5) is 20.2. The second-order valence-electron chi connectivity index (χ2n) is 5.01. The van der Waals surface area contributed by atoms with Crippen LogP contribution in [-0.4, -0.2) is 30.3 Å². The van der Waals surface area contributed by atoms with Crippen molar-refractivity contribution in [1.29, 1.82) is 0 Å². The Hall–Kier alpha value is -2.89. The topological polar surface area (TPSA) is 104 Å². The first-order valence-corrected chi connectivity index (χ1v) is 7.24. The predicted octanol–water partition coefficient (Wildman–Crippen LogP) is 1.77. The second-order valence-corrected chi connectivity index (χ2v) is 5.01. The first-order chi connectivity index (χ1) is 11.0. The zero-order valence-electron chi connectivity index (χ0n) is 13.5. The zero-order valence-corrected chi connectivity index (χ0v) is 13.5. The molecule has 6 nitrogen and oxygen atoms in total. The van der Waals surface area contributed by atoms with Gasteiger partial charge >= 0.3 is 0 Å². The maximum atomic E-state index is 11.7. The molecule has 23 heavy (non-hydrogen) atoms. The van der Waals surface area contributed by atoms with Crippen LogP contribution in [0.1, 0.15) is 19.4 Å². The fourth-order valence-corrected chi connectivity index (χ4v) is 2.37. The van der Waals surface area contributed by atoms with Crippen LogP contribution < -0.4 is 16.2 Å². The summed E-state index contributed by atoms with van der Waals surface area (Å²) in [6, 6.07) is 7.54. The summed E-state index contributed by atoms with van der Waals surface area (Å²) < 4.78 is 5.47. The molecule has 120 valence electrons. The minimum atomic E-state index is -0.614. The molecule has 1 aromatic heterocycles. The van der Waals surface area contributed by atoms with Crippen LogP contribution >= 0.6 is 0 Å². The Kier molecular flexibility index (Phi) is 4.95. The lowest BCUT2D eigenvalue weighted by Crippen LogP contribution is -2.25. The van der Waals surface area contributed by atoms with E-state index in [9.17, 15) is 4.79 Å². The van der Waals surface area contributed by atoms with Gasteiger partial charge in [0.15, 0.2) is 0 Å². The lowest BCUT2D eigenvalue weighted by molar-refractivity contribution is -0.114. The van der Waals surface area contributed by atoms with Crippen LogP contribution in [0, 0.1) is 0 Å². The van der Waals surface area contributed by atoms with Gasteiger partial charge in [0.2, 0.25) is 0 Å². The number of rotatable bonds is 5. The van der Waals surface area contributed by atoms with E-state index in [2.05, 4.69) is 9.98 Å². The molecule has 2 rings (SSSR count). The van der Waals surface area contributed by atoms with Crippen molar-refractivity contribution in [3.63, 3.8) is 0 Å². The van der Waals surface area contributed by atoms with E-state index in [1.165, 1.54) is 0 Å². The first-order valence-electron chi connectivity index (χ1n) is 7.24. The van der Waals surface area contributed by atoms with Crippen molar-refractivity contribution in [3.05, 3.63) is 47.3 Å². The Morgan fingerprint density at radius 1 is 1.30 bits per heavy atom. The number of allylic oxidation sites excluding steroid dienone is 1. The highest BCUT2D eigenvalue weighted by Gasteiger charge is 2.17. The van der Waals surface area contributed by atoms with Crippen molar-refractivity contribution in [2.45, 2.75) is 13.8 Å². The van der Waals surface area contributed by atoms with E-state index in [0.29, 0.717) is 23.6 Å².